The lowest BCUT2D eigenvalue weighted by Gasteiger charge is -2.10. The highest BCUT2D eigenvalue weighted by Gasteiger charge is 2.31. The van der Waals surface area contributed by atoms with Crippen LogP contribution in [0.3, 0.4) is 0 Å². The summed E-state index contributed by atoms with van der Waals surface area (Å²) in [5, 5.41) is 9.79. The first-order valence-corrected chi connectivity index (χ1v) is 6.99. The maximum atomic E-state index is 11.9. The summed E-state index contributed by atoms with van der Waals surface area (Å²) in [5.74, 6) is 0.322. The van der Waals surface area contributed by atoms with E-state index in [0.29, 0.717) is 24.6 Å². The molecule has 0 bridgehead atoms. The van der Waals surface area contributed by atoms with E-state index >= 15 is 0 Å². The SMILES string of the molecule is NCC1CC(=O)N(c2nnc(-c3ccccc3)s2)C1. The molecule has 2 aromatic rings. The van der Waals surface area contributed by atoms with Gasteiger partial charge >= 0.3 is 0 Å². The number of anilines is 1. The number of benzene rings is 1. The molecule has 2 heterocycles. The van der Waals surface area contributed by atoms with Crippen LogP contribution in [0.25, 0.3) is 10.6 Å². The average Bonchev–Trinajstić information content (AvgIpc) is 3.06. The molecule has 5 nitrogen and oxygen atoms in total. The Labute approximate surface area is 115 Å². The molecule has 1 amide bonds. The van der Waals surface area contributed by atoms with E-state index in [2.05, 4.69) is 10.2 Å². The van der Waals surface area contributed by atoms with Crippen molar-refractivity contribution in [1.82, 2.24) is 10.2 Å². The summed E-state index contributed by atoms with van der Waals surface area (Å²) in [6.07, 6.45) is 0.511. The number of rotatable bonds is 3. The van der Waals surface area contributed by atoms with Gasteiger partial charge in [0.1, 0.15) is 5.01 Å². The van der Waals surface area contributed by atoms with Crippen LogP contribution in [0.1, 0.15) is 6.42 Å². The van der Waals surface area contributed by atoms with Gasteiger partial charge in [-0.05, 0) is 12.5 Å². The average molecular weight is 274 g/mol. The minimum absolute atomic E-state index is 0.0891. The first-order valence-electron chi connectivity index (χ1n) is 6.17. The summed E-state index contributed by atoms with van der Waals surface area (Å²) in [6.45, 7) is 1.19. The van der Waals surface area contributed by atoms with Crippen LogP contribution in [0.5, 0.6) is 0 Å². The molecule has 98 valence electrons. The molecule has 1 aliphatic rings. The second-order valence-electron chi connectivity index (χ2n) is 4.57. The van der Waals surface area contributed by atoms with Crippen LogP contribution in [-0.4, -0.2) is 29.2 Å². The third kappa shape index (κ3) is 2.36. The van der Waals surface area contributed by atoms with E-state index in [9.17, 15) is 4.79 Å². The predicted octanol–water partition coefficient (Wildman–Crippen LogP) is 1.52. The first-order chi connectivity index (χ1) is 9.28. The number of carbonyl (C=O) groups is 1. The molecule has 1 atom stereocenters. The van der Waals surface area contributed by atoms with Gasteiger partial charge in [-0.3, -0.25) is 9.69 Å². The zero-order chi connectivity index (χ0) is 13.2. The van der Waals surface area contributed by atoms with Gasteiger partial charge in [-0.25, -0.2) is 0 Å². The van der Waals surface area contributed by atoms with Crippen LogP contribution < -0.4 is 10.6 Å². The Kier molecular flexibility index (Phi) is 3.27. The predicted molar refractivity (Wildman–Crippen MR) is 74.9 cm³/mol. The number of aromatic nitrogens is 2. The van der Waals surface area contributed by atoms with Crippen LogP contribution in [0.2, 0.25) is 0 Å². The molecular weight excluding hydrogens is 260 g/mol. The maximum absolute atomic E-state index is 11.9. The van der Waals surface area contributed by atoms with Crippen LogP contribution in [-0.2, 0) is 4.79 Å². The van der Waals surface area contributed by atoms with Gasteiger partial charge < -0.3 is 5.73 Å². The molecule has 0 aliphatic carbocycles. The van der Waals surface area contributed by atoms with Crippen molar-refractivity contribution in [3.63, 3.8) is 0 Å². The first kappa shape index (κ1) is 12.3. The topological polar surface area (TPSA) is 72.1 Å². The van der Waals surface area contributed by atoms with Gasteiger partial charge in [-0.1, -0.05) is 41.7 Å². The largest absolute Gasteiger partial charge is 0.330 e. The van der Waals surface area contributed by atoms with E-state index in [0.717, 1.165) is 10.6 Å². The zero-order valence-electron chi connectivity index (χ0n) is 10.3. The molecule has 6 heteroatoms. The quantitative estimate of drug-likeness (QED) is 0.921. The summed E-state index contributed by atoms with van der Waals surface area (Å²) >= 11 is 1.44. The van der Waals surface area contributed by atoms with Gasteiger partial charge in [0, 0.05) is 18.5 Å². The lowest BCUT2D eigenvalue weighted by atomic mass is 10.1. The third-order valence-electron chi connectivity index (χ3n) is 3.20. The van der Waals surface area contributed by atoms with Gasteiger partial charge in [0.05, 0.1) is 0 Å². The van der Waals surface area contributed by atoms with Gasteiger partial charge in [-0.15, -0.1) is 10.2 Å². The Bertz CT molecular complexity index is 583. The van der Waals surface area contributed by atoms with Crippen LogP contribution in [0, 0.1) is 5.92 Å². The van der Waals surface area contributed by atoms with Crippen LogP contribution >= 0.6 is 11.3 Å². The molecule has 19 heavy (non-hydrogen) atoms. The number of nitrogens with two attached hydrogens (primary N) is 1. The Morgan fingerprint density at radius 3 is 2.79 bits per heavy atom. The highest BCUT2D eigenvalue weighted by Crippen LogP contribution is 2.31. The van der Waals surface area contributed by atoms with Crippen LogP contribution in [0.15, 0.2) is 30.3 Å². The number of amides is 1. The summed E-state index contributed by atoms with van der Waals surface area (Å²) in [4.78, 5) is 13.6. The lowest BCUT2D eigenvalue weighted by molar-refractivity contribution is -0.117. The molecule has 0 saturated carbocycles. The monoisotopic (exact) mass is 274 g/mol. The number of nitrogens with zero attached hydrogens (tertiary/aromatic N) is 3. The molecular formula is C13H14N4OS. The molecule has 0 radical (unpaired) electrons. The molecule has 1 fully saturated rings. The van der Waals surface area contributed by atoms with Gasteiger partial charge in [-0.2, -0.15) is 0 Å². The molecule has 1 aromatic heterocycles. The third-order valence-corrected chi connectivity index (χ3v) is 4.20. The van der Waals surface area contributed by atoms with Crippen molar-refractivity contribution in [1.29, 1.82) is 0 Å². The Morgan fingerprint density at radius 1 is 1.32 bits per heavy atom. The Morgan fingerprint density at radius 2 is 2.11 bits per heavy atom. The molecule has 1 saturated heterocycles. The standard InChI is InChI=1S/C13H14N4OS/c14-7-9-6-11(18)17(8-9)13-16-15-12(19-13)10-4-2-1-3-5-10/h1-5,9H,6-8,14H2. The lowest BCUT2D eigenvalue weighted by Crippen LogP contribution is -2.25. The number of carbonyl (C=O) groups excluding carboxylic acids is 1. The fraction of sp³-hybridized carbons (Fsp3) is 0.308. The summed E-state index contributed by atoms with van der Waals surface area (Å²) < 4.78 is 0. The molecule has 1 aromatic carbocycles. The molecule has 0 spiro atoms. The second kappa shape index (κ2) is 5.07. The van der Waals surface area contributed by atoms with Crippen molar-refractivity contribution >= 4 is 22.4 Å². The molecule has 2 N–H and O–H groups in total. The van der Waals surface area contributed by atoms with Gasteiger partial charge in [0.15, 0.2) is 0 Å². The van der Waals surface area contributed by atoms with Gasteiger partial charge in [0.2, 0.25) is 11.0 Å². The minimum Gasteiger partial charge on any atom is -0.330 e. The number of hydrogen-bond acceptors (Lipinski definition) is 5. The van der Waals surface area contributed by atoms with Crippen molar-refractivity contribution in [2.24, 2.45) is 11.7 Å². The van der Waals surface area contributed by atoms with Gasteiger partial charge in [0.25, 0.3) is 0 Å². The zero-order valence-corrected chi connectivity index (χ0v) is 11.1. The highest BCUT2D eigenvalue weighted by molar-refractivity contribution is 7.18. The summed E-state index contributed by atoms with van der Waals surface area (Å²) in [6, 6.07) is 9.85. The van der Waals surface area contributed by atoms with Crippen molar-refractivity contribution in [3.05, 3.63) is 30.3 Å². The van der Waals surface area contributed by atoms with Crippen LogP contribution in [0.4, 0.5) is 5.13 Å². The fourth-order valence-electron chi connectivity index (χ4n) is 2.15. The van der Waals surface area contributed by atoms with Crippen molar-refractivity contribution < 1.29 is 4.79 Å². The van der Waals surface area contributed by atoms with E-state index in [4.69, 9.17) is 5.73 Å². The van der Waals surface area contributed by atoms with Crippen molar-refractivity contribution in [3.8, 4) is 10.6 Å². The second-order valence-corrected chi connectivity index (χ2v) is 5.52. The normalized spacial score (nSPS) is 19.1. The van der Waals surface area contributed by atoms with E-state index in [1.807, 2.05) is 30.3 Å². The van der Waals surface area contributed by atoms with E-state index in [-0.39, 0.29) is 11.8 Å². The fourth-order valence-corrected chi connectivity index (χ4v) is 3.02. The highest BCUT2D eigenvalue weighted by atomic mass is 32.1. The van der Waals surface area contributed by atoms with Crippen molar-refractivity contribution in [2.75, 3.05) is 18.0 Å². The smallest absolute Gasteiger partial charge is 0.229 e. The molecule has 1 aliphatic heterocycles. The Balaban J connectivity index is 1.84. The molecule has 1 unspecified atom stereocenters. The summed E-state index contributed by atoms with van der Waals surface area (Å²) in [7, 11) is 0. The van der Waals surface area contributed by atoms with Crippen molar-refractivity contribution in [2.45, 2.75) is 6.42 Å². The number of hydrogen-bond donors (Lipinski definition) is 1. The minimum atomic E-state index is 0.0891. The van der Waals surface area contributed by atoms with E-state index in [1.54, 1.807) is 4.90 Å². The van der Waals surface area contributed by atoms with E-state index in [1.165, 1.54) is 11.3 Å². The molecule has 3 rings (SSSR count). The van der Waals surface area contributed by atoms with E-state index < -0.39 is 0 Å². The summed E-state index contributed by atoms with van der Waals surface area (Å²) in [5.41, 5.74) is 6.64. The Hall–Kier alpha value is -1.79. The maximum Gasteiger partial charge on any atom is 0.229 e.